The predicted octanol–water partition coefficient (Wildman–Crippen LogP) is 6.33. The largest absolute Gasteiger partial charge is 0.489 e. The first-order chi connectivity index (χ1) is 17.0. The lowest BCUT2D eigenvalue weighted by Crippen LogP contribution is -2.30. The van der Waals surface area contributed by atoms with Crippen molar-refractivity contribution in [2.75, 3.05) is 6.54 Å². The third-order valence-electron chi connectivity index (χ3n) is 6.59. The molecular weight excluding hydrogens is 438 g/mol. The third-order valence-corrected chi connectivity index (χ3v) is 6.59. The van der Waals surface area contributed by atoms with Crippen LogP contribution in [0.2, 0.25) is 0 Å². The SMILES string of the molecule is CCCCN1C(=O)c2oc3cc(C)cc(C)c3c(=O)c2C1c1cccc(OCc2ccccc2)c1. The molecular formula is C30H29NO4. The van der Waals surface area contributed by atoms with Crippen LogP contribution in [0.5, 0.6) is 5.75 Å². The number of ether oxygens (including phenoxy) is 1. The van der Waals surface area contributed by atoms with E-state index in [0.29, 0.717) is 35.4 Å². The minimum atomic E-state index is -0.509. The molecule has 178 valence electrons. The molecule has 1 unspecified atom stereocenters. The average Bonchev–Trinajstić information content (AvgIpc) is 3.13. The molecule has 0 radical (unpaired) electrons. The molecule has 3 aromatic carbocycles. The van der Waals surface area contributed by atoms with Crippen molar-refractivity contribution in [1.29, 1.82) is 0 Å². The minimum absolute atomic E-state index is 0.133. The maximum absolute atomic E-state index is 13.8. The molecule has 5 nitrogen and oxygen atoms in total. The lowest BCUT2D eigenvalue weighted by Gasteiger charge is -2.25. The van der Waals surface area contributed by atoms with Crippen LogP contribution in [0, 0.1) is 13.8 Å². The summed E-state index contributed by atoms with van der Waals surface area (Å²) in [4.78, 5) is 29.1. The lowest BCUT2D eigenvalue weighted by atomic mass is 9.96. The van der Waals surface area contributed by atoms with Crippen molar-refractivity contribution in [3.63, 3.8) is 0 Å². The number of hydrogen-bond donors (Lipinski definition) is 0. The zero-order chi connectivity index (χ0) is 24.5. The summed E-state index contributed by atoms with van der Waals surface area (Å²) in [7, 11) is 0. The van der Waals surface area contributed by atoms with E-state index in [0.717, 1.165) is 35.1 Å². The molecule has 4 aromatic rings. The summed E-state index contributed by atoms with van der Waals surface area (Å²) in [5, 5.41) is 0.543. The van der Waals surface area contributed by atoms with Gasteiger partial charge in [-0.15, -0.1) is 0 Å². The molecule has 5 rings (SSSR count). The minimum Gasteiger partial charge on any atom is -0.489 e. The molecule has 1 aliphatic heterocycles. The summed E-state index contributed by atoms with van der Waals surface area (Å²) in [6.45, 7) is 6.95. The first-order valence-electron chi connectivity index (χ1n) is 12.1. The van der Waals surface area contributed by atoms with Crippen LogP contribution < -0.4 is 10.2 Å². The van der Waals surface area contributed by atoms with Crippen molar-refractivity contribution >= 4 is 16.9 Å². The van der Waals surface area contributed by atoms with Gasteiger partial charge in [0.1, 0.15) is 17.9 Å². The molecule has 1 amide bonds. The molecule has 0 aliphatic carbocycles. The molecule has 0 N–H and O–H groups in total. The Morgan fingerprint density at radius 3 is 2.54 bits per heavy atom. The summed E-state index contributed by atoms with van der Waals surface area (Å²) >= 11 is 0. The fraction of sp³-hybridized carbons (Fsp3) is 0.267. The maximum atomic E-state index is 13.8. The highest BCUT2D eigenvalue weighted by Gasteiger charge is 2.42. The third kappa shape index (κ3) is 4.23. The van der Waals surface area contributed by atoms with Crippen LogP contribution in [0.1, 0.15) is 64.2 Å². The Hall–Kier alpha value is -3.86. The first-order valence-corrected chi connectivity index (χ1v) is 12.1. The van der Waals surface area contributed by atoms with Crippen molar-refractivity contribution in [1.82, 2.24) is 4.90 Å². The van der Waals surface area contributed by atoms with Gasteiger partial charge in [-0.1, -0.05) is 61.9 Å². The zero-order valence-electron chi connectivity index (χ0n) is 20.3. The van der Waals surface area contributed by atoms with E-state index in [1.54, 1.807) is 4.90 Å². The molecule has 0 bridgehead atoms. The molecule has 0 spiro atoms. The van der Waals surface area contributed by atoms with E-state index < -0.39 is 6.04 Å². The summed E-state index contributed by atoms with van der Waals surface area (Å²) in [5.41, 5.74) is 4.52. The Morgan fingerprint density at radius 2 is 1.77 bits per heavy atom. The van der Waals surface area contributed by atoms with Crippen LogP contribution in [0.25, 0.3) is 11.0 Å². The Bertz CT molecular complexity index is 1450. The number of aryl methyl sites for hydroxylation is 2. The second-order valence-electron chi connectivity index (χ2n) is 9.23. The van der Waals surface area contributed by atoms with Crippen LogP contribution in [0.15, 0.2) is 75.9 Å². The highest BCUT2D eigenvalue weighted by atomic mass is 16.5. The number of rotatable bonds is 7. The number of carbonyl (C=O) groups excluding carboxylic acids is 1. The molecule has 1 aromatic heterocycles. The zero-order valence-corrected chi connectivity index (χ0v) is 20.3. The number of benzene rings is 3. The predicted molar refractivity (Wildman–Crippen MR) is 137 cm³/mol. The second kappa shape index (κ2) is 9.41. The van der Waals surface area contributed by atoms with Gasteiger partial charge < -0.3 is 14.1 Å². The molecule has 1 atom stereocenters. The van der Waals surface area contributed by atoms with Gasteiger partial charge in [-0.25, -0.2) is 0 Å². The van der Waals surface area contributed by atoms with E-state index in [9.17, 15) is 9.59 Å². The number of fused-ring (bicyclic) bond motifs is 2. The van der Waals surface area contributed by atoms with Crippen molar-refractivity contribution < 1.29 is 13.9 Å². The van der Waals surface area contributed by atoms with Crippen LogP contribution in [0.3, 0.4) is 0 Å². The van der Waals surface area contributed by atoms with Crippen molar-refractivity contribution in [3.05, 3.63) is 111 Å². The van der Waals surface area contributed by atoms with E-state index in [1.807, 2.05) is 80.6 Å². The normalized spacial score (nSPS) is 15.0. The smallest absolute Gasteiger partial charge is 0.290 e. The summed E-state index contributed by atoms with van der Waals surface area (Å²) < 4.78 is 12.2. The number of carbonyl (C=O) groups is 1. The van der Waals surface area contributed by atoms with Gasteiger partial charge in [0.15, 0.2) is 5.43 Å². The number of hydrogen-bond acceptors (Lipinski definition) is 4. The quantitative estimate of drug-likeness (QED) is 0.318. The number of amides is 1. The van der Waals surface area contributed by atoms with Gasteiger partial charge in [-0.05, 0) is 60.7 Å². The molecule has 2 heterocycles. The van der Waals surface area contributed by atoms with Gasteiger partial charge >= 0.3 is 0 Å². The molecule has 35 heavy (non-hydrogen) atoms. The van der Waals surface area contributed by atoms with Crippen LogP contribution in [-0.4, -0.2) is 17.4 Å². The monoisotopic (exact) mass is 467 g/mol. The second-order valence-corrected chi connectivity index (χ2v) is 9.23. The van der Waals surface area contributed by atoms with Gasteiger partial charge in [-0.3, -0.25) is 9.59 Å². The van der Waals surface area contributed by atoms with Gasteiger partial charge in [0, 0.05) is 6.54 Å². The standard InChI is InChI=1S/C30H29NO4/c1-4-5-14-31-27(22-12-9-13-23(17-22)34-18-21-10-7-6-8-11-21)26-28(32)25-20(3)15-19(2)16-24(25)35-29(26)30(31)33/h6-13,15-17,27H,4-5,14,18H2,1-3H3. The Kier molecular flexibility index (Phi) is 6.16. The molecule has 0 saturated carbocycles. The Labute approximate surface area is 205 Å². The Morgan fingerprint density at radius 1 is 0.971 bits per heavy atom. The van der Waals surface area contributed by atoms with Crippen molar-refractivity contribution in [2.24, 2.45) is 0 Å². The molecule has 5 heteroatoms. The Balaban J connectivity index is 1.60. The fourth-order valence-corrected chi connectivity index (χ4v) is 4.93. The highest BCUT2D eigenvalue weighted by Crippen LogP contribution is 2.39. The lowest BCUT2D eigenvalue weighted by molar-refractivity contribution is 0.0725. The summed E-state index contributed by atoms with van der Waals surface area (Å²) in [6.07, 6.45) is 1.78. The highest BCUT2D eigenvalue weighted by molar-refractivity contribution is 5.99. The molecule has 0 fully saturated rings. The average molecular weight is 468 g/mol. The molecule has 0 saturated heterocycles. The van der Waals surface area contributed by atoms with E-state index in [4.69, 9.17) is 9.15 Å². The van der Waals surface area contributed by atoms with Crippen LogP contribution >= 0.6 is 0 Å². The van der Waals surface area contributed by atoms with Crippen LogP contribution in [0.4, 0.5) is 0 Å². The van der Waals surface area contributed by atoms with Crippen molar-refractivity contribution in [3.8, 4) is 5.75 Å². The van der Waals surface area contributed by atoms with E-state index in [1.165, 1.54) is 0 Å². The van der Waals surface area contributed by atoms with E-state index in [-0.39, 0.29) is 17.1 Å². The topological polar surface area (TPSA) is 59.8 Å². The van der Waals surface area contributed by atoms with Gasteiger partial charge in [-0.2, -0.15) is 0 Å². The summed E-state index contributed by atoms with van der Waals surface area (Å²) in [5.74, 6) is 0.621. The van der Waals surface area contributed by atoms with E-state index >= 15 is 0 Å². The molecule has 1 aliphatic rings. The van der Waals surface area contributed by atoms with Gasteiger partial charge in [0.25, 0.3) is 5.91 Å². The van der Waals surface area contributed by atoms with Gasteiger partial charge in [0.05, 0.1) is 17.0 Å². The van der Waals surface area contributed by atoms with Crippen molar-refractivity contribution in [2.45, 2.75) is 46.3 Å². The van der Waals surface area contributed by atoms with Crippen LogP contribution in [-0.2, 0) is 6.61 Å². The fourth-order valence-electron chi connectivity index (χ4n) is 4.93. The number of unbranched alkanes of at least 4 members (excludes halogenated alkanes) is 1. The van der Waals surface area contributed by atoms with E-state index in [2.05, 4.69) is 6.92 Å². The first kappa shape index (κ1) is 22.9. The maximum Gasteiger partial charge on any atom is 0.290 e. The summed E-state index contributed by atoms with van der Waals surface area (Å²) in [6, 6.07) is 21.0. The van der Waals surface area contributed by atoms with Gasteiger partial charge in [0.2, 0.25) is 5.76 Å². The number of nitrogens with zero attached hydrogens (tertiary/aromatic N) is 1.